The number of amides is 3. The van der Waals surface area contributed by atoms with Gasteiger partial charge in [0.25, 0.3) is 0 Å². The Hall–Kier alpha value is -1.56. The number of carbonyl (C=O) groups is 2. The van der Waals surface area contributed by atoms with Gasteiger partial charge in [0.05, 0.1) is 6.54 Å². The normalized spacial score (nSPS) is 15.1. The molecule has 1 fully saturated rings. The van der Waals surface area contributed by atoms with Crippen molar-refractivity contribution in [2.24, 2.45) is 0 Å². The number of nitrogens with zero attached hydrogens (tertiary/aromatic N) is 3. The molecule has 0 saturated carbocycles. The zero-order chi connectivity index (χ0) is 15.0. The van der Waals surface area contributed by atoms with Gasteiger partial charge in [-0.2, -0.15) is 0 Å². The van der Waals surface area contributed by atoms with E-state index in [1.807, 2.05) is 28.5 Å². The Labute approximate surface area is 121 Å². The minimum Gasteiger partial charge on any atom is -0.338 e. The van der Waals surface area contributed by atoms with Crippen LogP contribution in [0.1, 0.15) is 13.8 Å². The molecule has 1 rings (SSSR count). The molecule has 3 amide bonds. The maximum atomic E-state index is 12.2. The van der Waals surface area contributed by atoms with Crippen molar-refractivity contribution >= 4 is 11.9 Å². The number of urea groups is 1. The summed E-state index contributed by atoms with van der Waals surface area (Å²) in [5.41, 5.74) is 0. The highest BCUT2D eigenvalue weighted by Crippen LogP contribution is 2.06. The number of rotatable bonds is 6. The molecule has 0 atom stereocenters. The largest absolute Gasteiger partial charge is 0.338 e. The predicted molar refractivity (Wildman–Crippen MR) is 79.5 cm³/mol. The van der Waals surface area contributed by atoms with Crippen LogP contribution in [0.3, 0.4) is 0 Å². The molecular weight excluding hydrogens is 256 g/mol. The Bertz CT molecular complexity index is 334. The molecule has 0 spiro atoms. The van der Waals surface area contributed by atoms with Crippen molar-refractivity contribution in [1.82, 2.24) is 20.0 Å². The van der Waals surface area contributed by atoms with E-state index in [1.165, 1.54) is 0 Å². The lowest BCUT2D eigenvalue weighted by Gasteiger charge is -2.37. The smallest absolute Gasteiger partial charge is 0.320 e. The van der Waals surface area contributed by atoms with Gasteiger partial charge in [0.1, 0.15) is 0 Å². The first-order valence-electron chi connectivity index (χ1n) is 7.27. The van der Waals surface area contributed by atoms with Crippen molar-refractivity contribution in [1.29, 1.82) is 0 Å². The van der Waals surface area contributed by atoms with Crippen LogP contribution >= 0.6 is 0 Å². The third-order valence-corrected chi connectivity index (χ3v) is 3.50. The number of nitrogens with one attached hydrogen (secondary N) is 1. The molecule has 6 nitrogen and oxygen atoms in total. The van der Waals surface area contributed by atoms with Crippen LogP contribution in [0.4, 0.5) is 4.79 Å². The summed E-state index contributed by atoms with van der Waals surface area (Å²) in [6, 6.07) is 0.0758. The summed E-state index contributed by atoms with van der Waals surface area (Å²) in [6.45, 7) is 12.4. The summed E-state index contributed by atoms with van der Waals surface area (Å²) in [4.78, 5) is 29.5. The van der Waals surface area contributed by atoms with Crippen LogP contribution in [0, 0.1) is 0 Å². The van der Waals surface area contributed by atoms with Gasteiger partial charge in [-0.3, -0.25) is 4.79 Å². The van der Waals surface area contributed by atoms with Crippen molar-refractivity contribution in [3.05, 3.63) is 12.7 Å². The van der Waals surface area contributed by atoms with Crippen LogP contribution in [-0.4, -0.2) is 79.0 Å². The lowest BCUT2D eigenvalue weighted by atomic mass is 10.3. The fourth-order valence-electron chi connectivity index (χ4n) is 2.23. The molecule has 20 heavy (non-hydrogen) atoms. The van der Waals surface area contributed by atoms with Gasteiger partial charge in [0.15, 0.2) is 0 Å². The molecule has 0 radical (unpaired) electrons. The number of hydrogen-bond acceptors (Lipinski definition) is 3. The molecule has 0 bridgehead atoms. The van der Waals surface area contributed by atoms with E-state index in [-0.39, 0.29) is 11.9 Å². The second kappa shape index (κ2) is 8.58. The number of piperazine rings is 1. The summed E-state index contributed by atoms with van der Waals surface area (Å²) in [7, 11) is 0. The Morgan fingerprint density at radius 1 is 1.15 bits per heavy atom. The first kappa shape index (κ1) is 16.5. The van der Waals surface area contributed by atoms with E-state index in [1.54, 1.807) is 6.08 Å². The highest BCUT2D eigenvalue weighted by atomic mass is 16.2. The fourth-order valence-corrected chi connectivity index (χ4v) is 2.23. The SMILES string of the molecule is C=CCNCC(=O)N1CCN(C(=O)N(CC)CC)CC1. The quantitative estimate of drug-likeness (QED) is 0.565. The van der Waals surface area contributed by atoms with Crippen LogP contribution in [0.25, 0.3) is 0 Å². The van der Waals surface area contributed by atoms with Gasteiger partial charge in [0.2, 0.25) is 5.91 Å². The minimum absolute atomic E-state index is 0.0758. The summed E-state index contributed by atoms with van der Waals surface area (Å²) in [5.74, 6) is 0.0850. The Morgan fingerprint density at radius 2 is 1.70 bits per heavy atom. The van der Waals surface area contributed by atoms with Crippen molar-refractivity contribution < 1.29 is 9.59 Å². The molecule has 0 aromatic carbocycles. The maximum Gasteiger partial charge on any atom is 0.320 e. The number of carbonyl (C=O) groups excluding carboxylic acids is 2. The van der Waals surface area contributed by atoms with Crippen LogP contribution in [0.2, 0.25) is 0 Å². The molecule has 1 aliphatic rings. The molecule has 6 heteroatoms. The predicted octanol–water partition coefficient (Wildman–Crippen LogP) is 0.368. The average molecular weight is 282 g/mol. The van der Waals surface area contributed by atoms with Crippen LogP contribution in [0.5, 0.6) is 0 Å². The second-order valence-corrected chi connectivity index (χ2v) is 4.74. The minimum atomic E-state index is 0.0758. The lowest BCUT2D eigenvalue weighted by molar-refractivity contribution is -0.131. The van der Waals surface area contributed by atoms with Gasteiger partial charge in [-0.1, -0.05) is 6.08 Å². The van der Waals surface area contributed by atoms with Gasteiger partial charge in [0, 0.05) is 45.8 Å². The molecule has 0 unspecified atom stereocenters. The van der Waals surface area contributed by atoms with Gasteiger partial charge in [-0.25, -0.2) is 4.79 Å². The molecule has 0 aromatic rings. The molecule has 114 valence electrons. The summed E-state index contributed by atoms with van der Waals surface area (Å²) >= 11 is 0. The second-order valence-electron chi connectivity index (χ2n) is 4.74. The van der Waals surface area contributed by atoms with E-state index in [4.69, 9.17) is 0 Å². The average Bonchev–Trinajstić information content (AvgIpc) is 2.48. The standard InChI is InChI=1S/C14H26N4O2/c1-4-7-15-12-13(19)17-8-10-18(11-9-17)14(20)16(5-2)6-3/h4,15H,1,5-12H2,2-3H3. The Kier molecular flexibility index (Phi) is 7.08. The third-order valence-electron chi connectivity index (χ3n) is 3.50. The van der Waals surface area contributed by atoms with E-state index in [2.05, 4.69) is 11.9 Å². The molecule has 0 aromatic heterocycles. The maximum absolute atomic E-state index is 12.2. The Morgan fingerprint density at radius 3 is 2.20 bits per heavy atom. The molecule has 1 N–H and O–H groups in total. The first-order valence-corrected chi connectivity index (χ1v) is 7.27. The van der Waals surface area contributed by atoms with E-state index in [0.29, 0.717) is 39.3 Å². The zero-order valence-corrected chi connectivity index (χ0v) is 12.6. The molecule has 0 aliphatic carbocycles. The van der Waals surface area contributed by atoms with E-state index >= 15 is 0 Å². The first-order chi connectivity index (χ1) is 9.63. The summed E-state index contributed by atoms with van der Waals surface area (Å²) in [5, 5.41) is 3.00. The van der Waals surface area contributed by atoms with Crippen molar-refractivity contribution in [2.75, 3.05) is 52.4 Å². The van der Waals surface area contributed by atoms with Gasteiger partial charge < -0.3 is 20.0 Å². The molecule has 1 aliphatic heterocycles. The van der Waals surface area contributed by atoms with E-state index in [0.717, 1.165) is 13.1 Å². The highest BCUT2D eigenvalue weighted by molar-refractivity contribution is 5.79. The van der Waals surface area contributed by atoms with Gasteiger partial charge >= 0.3 is 6.03 Å². The molecule has 1 heterocycles. The Balaban J connectivity index is 2.37. The van der Waals surface area contributed by atoms with E-state index in [9.17, 15) is 9.59 Å². The van der Waals surface area contributed by atoms with Crippen molar-refractivity contribution in [3.8, 4) is 0 Å². The van der Waals surface area contributed by atoms with Crippen molar-refractivity contribution in [2.45, 2.75) is 13.8 Å². The van der Waals surface area contributed by atoms with Gasteiger partial charge in [-0.05, 0) is 13.8 Å². The van der Waals surface area contributed by atoms with Crippen LogP contribution in [-0.2, 0) is 4.79 Å². The monoisotopic (exact) mass is 282 g/mol. The van der Waals surface area contributed by atoms with Crippen molar-refractivity contribution in [3.63, 3.8) is 0 Å². The zero-order valence-electron chi connectivity index (χ0n) is 12.6. The lowest BCUT2D eigenvalue weighted by Crippen LogP contribution is -2.55. The van der Waals surface area contributed by atoms with E-state index < -0.39 is 0 Å². The topological polar surface area (TPSA) is 55.9 Å². The molecule has 1 saturated heterocycles. The summed E-state index contributed by atoms with van der Waals surface area (Å²) in [6.07, 6.45) is 1.73. The summed E-state index contributed by atoms with van der Waals surface area (Å²) < 4.78 is 0. The van der Waals surface area contributed by atoms with Crippen LogP contribution in [0.15, 0.2) is 12.7 Å². The van der Waals surface area contributed by atoms with Crippen LogP contribution < -0.4 is 5.32 Å². The third kappa shape index (κ3) is 4.52. The highest BCUT2D eigenvalue weighted by Gasteiger charge is 2.25. The van der Waals surface area contributed by atoms with Gasteiger partial charge in [-0.15, -0.1) is 6.58 Å². The fraction of sp³-hybridized carbons (Fsp3) is 0.714. The molecular formula is C14H26N4O2. The number of hydrogen-bond donors (Lipinski definition) is 1.